The number of hydrogen-bond acceptors (Lipinski definition) is 5. The van der Waals surface area contributed by atoms with E-state index in [2.05, 4.69) is 10.4 Å². The zero-order valence-electron chi connectivity index (χ0n) is 20.7. The first-order valence-corrected chi connectivity index (χ1v) is 11.6. The summed E-state index contributed by atoms with van der Waals surface area (Å²) in [5.41, 5.74) is 1.82. The first-order valence-electron chi connectivity index (χ1n) is 10.7. The monoisotopic (exact) mass is 460 g/mol. The molecule has 0 aliphatic rings. The maximum absolute atomic E-state index is 12.2. The highest BCUT2D eigenvalue weighted by Gasteiger charge is 2.22. The second kappa shape index (κ2) is 9.98. The Labute approximate surface area is 195 Å². The molecule has 0 fully saturated rings. The number of carbonyl (C=O) groups excluding carboxylic acids is 2. The van der Waals surface area contributed by atoms with Gasteiger partial charge in [-0.2, -0.15) is 5.10 Å². The Morgan fingerprint density at radius 3 is 2.22 bits per heavy atom. The van der Waals surface area contributed by atoms with E-state index in [1.54, 1.807) is 23.7 Å². The van der Waals surface area contributed by atoms with Crippen molar-refractivity contribution in [3.8, 4) is 0 Å². The fourth-order valence-corrected chi connectivity index (χ4v) is 3.71. The van der Waals surface area contributed by atoms with Gasteiger partial charge in [0.15, 0.2) is 0 Å². The van der Waals surface area contributed by atoms with Gasteiger partial charge in [-0.1, -0.05) is 32.5 Å². The van der Waals surface area contributed by atoms with Crippen LogP contribution in [-0.4, -0.2) is 45.9 Å². The van der Waals surface area contributed by atoms with Crippen LogP contribution in [0.15, 0.2) is 34.1 Å². The van der Waals surface area contributed by atoms with E-state index in [1.165, 1.54) is 0 Å². The fourth-order valence-electron chi connectivity index (χ4n) is 2.76. The number of likely N-dealkylation sites (N-methyl/N-ethyl adjacent to an activating group) is 1. The first kappa shape index (κ1) is 25.8. The summed E-state index contributed by atoms with van der Waals surface area (Å²) in [5, 5.41) is 7.60. The average molecular weight is 461 g/mol. The summed E-state index contributed by atoms with van der Waals surface area (Å²) in [6.07, 6.45) is -0.340. The molecule has 0 spiro atoms. The third kappa shape index (κ3) is 7.29. The molecule has 2 aromatic rings. The Hall–Kier alpha value is -2.48. The summed E-state index contributed by atoms with van der Waals surface area (Å²) < 4.78 is 7.33. The topological polar surface area (TPSA) is 76.5 Å². The summed E-state index contributed by atoms with van der Waals surface area (Å²) in [7, 11) is 1.73. The Bertz CT molecular complexity index is 953. The molecule has 1 aromatic carbocycles. The average Bonchev–Trinajstić information content (AvgIpc) is 2.93. The van der Waals surface area contributed by atoms with Gasteiger partial charge in [-0.15, -0.1) is 0 Å². The number of aromatic nitrogens is 2. The number of nitrogens with zero attached hydrogens (tertiary/aromatic N) is 3. The number of rotatable bonds is 6. The maximum Gasteiger partial charge on any atom is 0.410 e. The zero-order valence-corrected chi connectivity index (χ0v) is 21.5. The van der Waals surface area contributed by atoms with Gasteiger partial charge < -0.3 is 15.0 Å². The largest absolute Gasteiger partial charge is 0.444 e. The van der Waals surface area contributed by atoms with Crippen LogP contribution in [0.3, 0.4) is 0 Å². The molecule has 1 aromatic heterocycles. The van der Waals surface area contributed by atoms with E-state index < -0.39 is 11.0 Å². The Morgan fingerprint density at radius 1 is 1.09 bits per heavy atom. The summed E-state index contributed by atoms with van der Waals surface area (Å²) >= 11 is 1.64. The number of nitrogens with one attached hydrogen (secondary N) is 1. The summed E-state index contributed by atoms with van der Waals surface area (Å²) in [5.74, 6) is -0.0118. The highest BCUT2D eigenvalue weighted by atomic mass is 32.2. The Kier molecular flexibility index (Phi) is 8.04. The molecular weight excluding hydrogens is 424 g/mol. The molecule has 32 heavy (non-hydrogen) atoms. The van der Waals surface area contributed by atoms with Crippen LogP contribution in [0.4, 0.5) is 10.5 Å². The van der Waals surface area contributed by atoms with Gasteiger partial charge in [-0.25, -0.2) is 4.79 Å². The number of anilines is 1. The molecule has 0 saturated carbocycles. The van der Waals surface area contributed by atoms with Gasteiger partial charge in [-0.3, -0.25) is 9.48 Å². The highest BCUT2D eigenvalue weighted by molar-refractivity contribution is 7.99. The van der Waals surface area contributed by atoms with Crippen LogP contribution in [0.2, 0.25) is 0 Å². The van der Waals surface area contributed by atoms with E-state index in [4.69, 9.17) is 4.74 Å². The van der Waals surface area contributed by atoms with Gasteiger partial charge in [0.25, 0.3) is 0 Å². The molecule has 2 rings (SSSR count). The van der Waals surface area contributed by atoms with E-state index in [1.807, 2.05) is 84.3 Å². The number of benzene rings is 1. The quantitative estimate of drug-likeness (QED) is 0.616. The lowest BCUT2D eigenvalue weighted by Crippen LogP contribution is -2.36. The summed E-state index contributed by atoms with van der Waals surface area (Å²) in [6.45, 7) is 16.3. The van der Waals surface area contributed by atoms with E-state index in [0.29, 0.717) is 13.1 Å². The van der Waals surface area contributed by atoms with Crippen molar-refractivity contribution in [1.82, 2.24) is 14.7 Å². The molecule has 1 heterocycles. The van der Waals surface area contributed by atoms with E-state index in [-0.39, 0.29) is 12.0 Å². The molecule has 0 unspecified atom stereocenters. The van der Waals surface area contributed by atoms with E-state index in [0.717, 1.165) is 26.9 Å². The smallest absolute Gasteiger partial charge is 0.410 e. The number of amides is 2. The van der Waals surface area contributed by atoms with Crippen molar-refractivity contribution >= 4 is 29.4 Å². The first-order chi connectivity index (χ1) is 14.7. The zero-order chi connectivity index (χ0) is 24.3. The SMILES string of the molecule is Cc1nn(CCN(C)C(=O)OC(C)(C)C)c(C)c1Sc1ccc(NC(=O)C(C)(C)C)cc1. The molecule has 0 bridgehead atoms. The van der Waals surface area contributed by atoms with Crippen molar-refractivity contribution in [3.05, 3.63) is 35.7 Å². The second-order valence-corrected chi connectivity index (χ2v) is 11.0. The number of carbonyl (C=O) groups is 2. The number of ether oxygens (including phenoxy) is 1. The minimum absolute atomic E-state index is 0.0118. The van der Waals surface area contributed by atoms with Crippen LogP contribution in [0.25, 0.3) is 0 Å². The Balaban J connectivity index is 2.02. The van der Waals surface area contributed by atoms with E-state index >= 15 is 0 Å². The highest BCUT2D eigenvalue weighted by Crippen LogP contribution is 2.33. The van der Waals surface area contributed by atoms with Crippen LogP contribution in [-0.2, 0) is 16.1 Å². The standard InChI is InChI=1S/C24H36N4O3S/c1-16-20(32-19-12-10-18(11-13-19)25-21(29)23(3,4)5)17(2)28(26-16)15-14-27(9)22(30)31-24(6,7)8/h10-13H,14-15H2,1-9H3,(H,25,29). The van der Waals surface area contributed by atoms with Gasteiger partial charge in [-0.05, 0) is 58.9 Å². The number of hydrogen-bond donors (Lipinski definition) is 1. The van der Waals surface area contributed by atoms with E-state index in [9.17, 15) is 9.59 Å². The van der Waals surface area contributed by atoms with Gasteiger partial charge in [0.2, 0.25) is 5.91 Å². The molecule has 0 saturated heterocycles. The second-order valence-electron chi connectivity index (χ2n) is 9.96. The van der Waals surface area contributed by atoms with Crippen LogP contribution < -0.4 is 5.32 Å². The van der Waals surface area contributed by atoms with Gasteiger partial charge in [0.05, 0.1) is 17.1 Å². The molecule has 2 amide bonds. The minimum Gasteiger partial charge on any atom is -0.444 e. The van der Waals surface area contributed by atoms with Crippen LogP contribution in [0.5, 0.6) is 0 Å². The van der Waals surface area contributed by atoms with Crippen LogP contribution >= 0.6 is 11.8 Å². The molecule has 0 radical (unpaired) electrons. The maximum atomic E-state index is 12.2. The predicted molar refractivity (Wildman–Crippen MR) is 129 cm³/mol. The van der Waals surface area contributed by atoms with Gasteiger partial charge >= 0.3 is 6.09 Å². The van der Waals surface area contributed by atoms with Crippen molar-refractivity contribution in [2.75, 3.05) is 18.9 Å². The predicted octanol–water partition coefficient (Wildman–Crippen LogP) is 5.50. The lowest BCUT2D eigenvalue weighted by Gasteiger charge is -2.24. The Morgan fingerprint density at radius 2 is 1.69 bits per heavy atom. The van der Waals surface area contributed by atoms with Gasteiger partial charge in [0.1, 0.15) is 5.60 Å². The lowest BCUT2D eigenvalue weighted by atomic mass is 9.95. The van der Waals surface area contributed by atoms with Crippen molar-refractivity contribution in [2.24, 2.45) is 5.41 Å². The molecule has 7 nitrogen and oxygen atoms in total. The van der Waals surface area contributed by atoms with Crippen molar-refractivity contribution in [1.29, 1.82) is 0 Å². The molecule has 1 N–H and O–H groups in total. The molecular formula is C24H36N4O3S. The van der Waals surface area contributed by atoms with Gasteiger partial charge in [0, 0.05) is 35.3 Å². The third-order valence-electron chi connectivity index (χ3n) is 4.68. The fraction of sp³-hybridized carbons (Fsp3) is 0.542. The molecule has 0 aliphatic heterocycles. The number of aryl methyl sites for hydroxylation is 1. The van der Waals surface area contributed by atoms with Crippen LogP contribution in [0, 0.1) is 19.3 Å². The van der Waals surface area contributed by atoms with Crippen molar-refractivity contribution in [2.45, 2.75) is 77.3 Å². The molecule has 176 valence electrons. The summed E-state index contributed by atoms with van der Waals surface area (Å²) in [6, 6.07) is 7.82. The minimum atomic E-state index is -0.515. The molecule has 0 atom stereocenters. The third-order valence-corrected chi connectivity index (χ3v) is 5.98. The molecule has 0 aliphatic carbocycles. The van der Waals surface area contributed by atoms with Crippen molar-refractivity contribution < 1.29 is 14.3 Å². The van der Waals surface area contributed by atoms with Crippen LogP contribution in [0.1, 0.15) is 52.9 Å². The molecule has 8 heteroatoms. The van der Waals surface area contributed by atoms with Crippen molar-refractivity contribution in [3.63, 3.8) is 0 Å². The normalized spacial score (nSPS) is 11.9. The lowest BCUT2D eigenvalue weighted by molar-refractivity contribution is -0.123. The summed E-state index contributed by atoms with van der Waals surface area (Å²) in [4.78, 5) is 28.1.